The fourth-order valence-electron chi connectivity index (χ4n) is 4.26. The van der Waals surface area contributed by atoms with Gasteiger partial charge < -0.3 is 19.5 Å². The lowest BCUT2D eigenvalue weighted by Crippen LogP contribution is -2.32. The van der Waals surface area contributed by atoms with Crippen LogP contribution in [-0.4, -0.2) is 46.9 Å². The number of aryl methyl sites for hydroxylation is 1. The number of hydrogen-bond donors (Lipinski definition) is 1. The summed E-state index contributed by atoms with van der Waals surface area (Å²) in [5.41, 5.74) is 2.72. The zero-order chi connectivity index (χ0) is 26.5. The number of amides is 1. The van der Waals surface area contributed by atoms with Crippen LogP contribution in [0.1, 0.15) is 28.3 Å². The highest BCUT2D eigenvalue weighted by molar-refractivity contribution is 6.46. The van der Waals surface area contributed by atoms with Crippen LogP contribution in [0.15, 0.2) is 78.4 Å². The second kappa shape index (κ2) is 11.0. The summed E-state index contributed by atoms with van der Waals surface area (Å²) in [6.45, 7) is 2.65. The van der Waals surface area contributed by atoms with Gasteiger partial charge in [-0.05, 0) is 54.4 Å². The van der Waals surface area contributed by atoms with Crippen molar-refractivity contribution in [3.63, 3.8) is 0 Å². The first-order valence-corrected chi connectivity index (χ1v) is 11.6. The van der Waals surface area contributed by atoms with Gasteiger partial charge in [0.1, 0.15) is 18.1 Å². The third-order valence-corrected chi connectivity index (χ3v) is 6.11. The molecule has 1 aliphatic rings. The first-order valence-electron chi connectivity index (χ1n) is 11.6. The van der Waals surface area contributed by atoms with Crippen molar-refractivity contribution in [2.75, 3.05) is 20.3 Å². The topological polar surface area (TPSA) is 119 Å². The van der Waals surface area contributed by atoms with Crippen molar-refractivity contribution in [1.29, 1.82) is 0 Å². The number of aliphatic hydroxyl groups is 1. The second-order valence-corrected chi connectivity index (χ2v) is 8.64. The normalized spacial score (nSPS) is 16.7. The molecule has 1 atom stereocenters. The molecule has 190 valence electrons. The molecule has 0 spiro atoms. The van der Waals surface area contributed by atoms with Gasteiger partial charge in [-0.1, -0.05) is 29.8 Å². The van der Waals surface area contributed by atoms with E-state index in [1.807, 2.05) is 31.2 Å². The second-order valence-electron chi connectivity index (χ2n) is 8.64. The highest BCUT2D eigenvalue weighted by atomic mass is 16.6. The van der Waals surface area contributed by atoms with Gasteiger partial charge in [0.15, 0.2) is 0 Å². The number of hydrogen-bond acceptors (Lipinski definition) is 7. The predicted molar refractivity (Wildman–Crippen MR) is 136 cm³/mol. The zero-order valence-corrected chi connectivity index (χ0v) is 20.4. The van der Waals surface area contributed by atoms with Crippen LogP contribution < -0.4 is 4.74 Å². The number of Topliss-reactive ketones (excluding diaryl/α,β-unsaturated/α-hetero) is 1. The Morgan fingerprint density at radius 3 is 2.38 bits per heavy atom. The van der Waals surface area contributed by atoms with E-state index in [4.69, 9.17) is 9.47 Å². The minimum Gasteiger partial charge on any atom is -0.507 e. The third-order valence-electron chi connectivity index (χ3n) is 6.11. The van der Waals surface area contributed by atoms with Gasteiger partial charge in [-0.25, -0.2) is 0 Å². The molecule has 0 saturated carbocycles. The van der Waals surface area contributed by atoms with Crippen molar-refractivity contribution in [3.05, 3.63) is 111 Å². The molecule has 0 aliphatic carbocycles. The number of benzene rings is 3. The molecule has 3 aromatic rings. The summed E-state index contributed by atoms with van der Waals surface area (Å²) in [6, 6.07) is 19.1. The Bertz CT molecular complexity index is 1350. The molecular formula is C28H26N2O7. The van der Waals surface area contributed by atoms with Crippen LogP contribution in [0.3, 0.4) is 0 Å². The van der Waals surface area contributed by atoms with Gasteiger partial charge in [-0.2, -0.15) is 0 Å². The molecule has 0 radical (unpaired) electrons. The molecule has 9 heteroatoms. The van der Waals surface area contributed by atoms with Gasteiger partial charge in [-0.15, -0.1) is 0 Å². The minimum atomic E-state index is -0.923. The highest BCUT2D eigenvalue weighted by Crippen LogP contribution is 2.39. The van der Waals surface area contributed by atoms with E-state index in [1.54, 1.807) is 24.3 Å². The minimum absolute atomic E-state index is 0.0941. The van der Waals surface area contributed by atoms with E-state index in [-0.39, 0.29) is 30.2 Å². The quantitative estimate of drug-likeness (QED) is 0.150. The molecule has 1 amide bonds. The van der Waals surface area contributed by atoms with E-state index in [2.05, 4.69) is 0 Å². The number of methoxy groups -OCH3 is 1. The summed E-state index contributed by atoms with van der Waals surface area (Å²) in [5.74, 6) is -1.38. The van der Waals surface area contributed by atoms with Gasteiger partial charge in [0.2, 0.25) is 0 Å². The molecule has 4 rings (SSSR count). The number of aliphatic hydroxyl groups excluding tert-OH is 1. The van der Waals surface area contributed by atoms with Gasteiger partial charge in [0, 0.05) is 31.4 Å². The van der Waals surface area contributed by atoms with E-state index in [9.17, 15) is 24.8 Å². The number of carbonyl (C=O) groups excluding carboxylic acids is 2. The Kier molecular flexibility index (Phi) is 7.64. The van der Waals surface area contributed by atoms with Crippen molar-refractivity contribution in [1.82, 2.24) is 4.90 Å². The van der Waals surface area contributed by atoms with Gasteiger partial charge in [0.05, 0.1) is 23.1 Å². The molecule has 9 nitrogen and oxygen atoms in total. The fourth-order valence-corrected chi connectivity index (χ4v) is 4.26. The SMILES string of the molecule is COCCN1C(=O)C(=O)/C(=C(/O)c2ccc(OCc3cccc(C)c3)cc2)C1c1ccc([N+](=O)[O-])cc1. The van der Waals surface area contributed by atoms with E-state index in [0.29, 0.717) is 23.5 Å². The molecule has 3 aromatic carbocycles. The summed E-state index contributed by atoms with van der Waals surface area (Å²) in [4.78, 5) is 37.7. The number of nitro benzene ring substituents is 1. The summed E-state index contributed by atoms with van der Waals surface area (Å²) < 4.78 is 10.9. The first kappa shape index (κ1) is 25.6. The Labute approximate surface area is 213 Å². The number of nitrogens with zero attached hydrogens (tertiary/aromatic N) is 2. The molecular weight excluding hydrogens is 476 g/mol. The van der Waals surface area contributed by atoms with E-state index < -0.39 is 22.7 Å². The lowest BCUT2D eigenvalue weighted by molar-refractivity contribution is -0.384. The Balaban J connectivity index is 1.65. The smallest absolute Gasteiger partial charge is 0.295 e. The summed E-state index contributed by atoms with van der Waals surface area (Å²) in [5, 5.41) is 22.2. The molecule has 0 bridgehead atoms. The standard InChI is InChI=1S/C28H26N2O7/c1-18-4-3-5-19(16-18)17-37-23-12-8-21(9-13-23)26(31)24-25(20-6-10-22(11-7-20)30(34)35)29(14-15-36-2)28(33)27(24)32/h3-13,16,25,31H,14-15,17H2,1-2H3/b26-24+. The maximum atomic E-state index is 13.0. The zero-order valence-electron chi connectivity index (χ0n) is 20.4. The summed E-state index contributed by atoms with van der Waals surface area (Å²) >= 11 is 0. The third kappa shape index (κ3) is 5.52. The number of ether oxygens (including phenoxy) is 2. The predicted octanol–water partition coefficient (Wildman–Crippen LogP) is 4.55. The van der Waals surface area contributed by atoms with Gasteiger partial charge in [-0.3, -0.25) is 19.7 Å². The molecule has 1 N–H and O–H groups in total. The average Bonchev–Trinajstić information content (AvgIpc) is 3.15. The van der Waals surface area contributed by atoms with Crippen molar-refractivity contribution < 1.29 is 29.1 Å². The van der Waals surface area contributed by atoms with Crippen molar-refractivity contribution in [3.8, 4) is 5.75 Å². The highest BCUT2D eigenvalue weighted by Gasteiger charge is 2.45. The van der Waals surface area contributed by atoms with E-state index >= 15 is 0 Å². The maximum absolute atomic E-state index is 13.0. The monoisotopic (exact) mass is 502 g/mol. The molecule has 1 heterocycles. The largest absolute Gasteiger partial charge is 0.507 e. The van der Waals surface area contributed by atoms with Gasteiger partial charge in [0.25, 0.3) is 17.4 Å². The summed E-state index contributed by atoms with van der Waals surface area (Å²) in [7, 11) is 1.47. The van der Waals surface area contributed by atoms with Crippen LogP contribution in [0.2, 0.25) is 0 Å². The first-order chi connectivity index (χ1) is 17.8. The van der Waals surface area contributed by atoms with Gasteiger partial charge >= 0.3 is 0 Å². The van der Waals surface area contributed by atoms with E-state index in [0.717, 1.165) is 11.1 Å². The number of carbonyl (C=O) groups is 2. The number of rotatable bonds is 9. The lowest BCUT2D eigenvalue weighted by Gasteiger charge is -2.25. The molecule has 37 heavy (non-hydrogen) atoms. The Morgan fingerprint density at radius 2 is 1.76 bits per heavy atom. The van der Waals surface area contributed by atoms with Crippen LogP contribution in [0.25, 0.3) is 5.76 Å². The Morgan fingerprint density at radius 1 is 1.05 bits per heavy atom. The van der Waals surface area contributed by atoms with Crippen LogP contribution in [0.5, 0.6) is 5.75 Å². The lowest BCUT2D eigenvalue weighted by atomic mass is 9.95. The summed E-state index contributed by atoms with van der Waals surface area (Å²) in [6.07, 6.45) is 0. The molecule has 0 aromatic heterocycles. The van der Waals surface area contributed by atoms with Crippen molar-refractivity contribution in [2.45, 2.75) is 19.6 Å². The van der Waals surface area contributed by atoms with Crippen LogP contribution in [0, 0.1) is 17.0 Å². The maximum Gasteiger partial charge on any atom is 0.295 e. The van der Waals surface area contributed by atoms with Crippen LogP contribution in [0.4, 0.5) is 5.69 Å². The average molecular weight is 503 g/mol. The number of nitro groups is 1. The number of non-ortho nitro benzene ring substituents is 1. The molecule has 1 aliphatic heterocycles. The fraction of sp³-hybridized carbons (Fsp3) is 0.214. The number of likely N-dealkylation sites (tertiary alicyclic amines) is 1. The molecule has 1 fully saturated rings. The van der Waals surface area contributed by atoms with Crippen LogP contribution in [-0.2, 0) is 20.9 Å². The van der Waals surface area contributed by atoms with Crippen molar-refractivity contribution in [2.24, 2.45) is 0 Å². The Hall–Kier alpha value is -4.50. The van der Waals surface area contributed by atoms with Crippen molar-refractivity contribution >= 4 is 23.1 Å². The van der Waals surface area contributed by atoms with Crippen LogP contribution >= 0.6 is 0 Å². The number of ketones is 1. The van der Waals surface area contributed by atoms with E-state index in [1.165, 1.54) is 36.3 Å². The molecule has 1 unspecified atom stereocenters. The molecule has 1 saturated heterocycles.